The summed E-state index contributed by atoms with van der Waals surface area (Å²) in [6.07, 6.45) is 4.80. The molecule has 4 nitrogen and oxygen atoms in total. The molecule has 17 heavy (non-hydrogen) atoms. The summed E-state index contributed by atoms with van der Waals surface area (Å²) in [6.45, 7) is 2.21. The van der Waals surface area contributed by atoms with Gasteiger partial charge in [-0.2, -0.15) is 0 Å². The number of nitro benzene ring substituents is 1. The van der Waals surface area contributed by atoms with Gasteiger partial charge in [0, 0.05) is 12.1 Å². The summed E-state index contributed by atoms with van der Waals surface area (Å²) in [7, 11) is 0. The molecule has 0 radical (unpaired) electrons. The number of nitrogens with zero attached hydrogens (tertiary/aromatic N) is 1. The van der Waals surface area contributed by atoms with Gasteiger partial charge in [0.25, 0.3) is 5.69 Å². The van der Waals surface area contributed by atoms with Gasteiger partial charge in [0.1, 0.15) is 5.69 Å². The molecule has 0 heterocycles. The van der Waals surface area contributed by atoms with E-state index in [0.29, 0.717) is 17.6 Å². The maximum absolute atomic E-state index is 10.9. The third-order valence-corrected chi connectivity index (χ3v) is 3.55. The maximum Gasteiger partial charge on any atom is 0.292 e. The molecule has 1 fully saturated rings. The third-order valence-electron chi connectivity index (χ3n) is 3.55. The van der Waals surface area contributed by atoms with Crippen molar-refractivity contribution in [2.75, 3.05) is 5.32 Å². The number of anilines is 1. The number of rotatable bonds is 3. The highest BCUT2D eigenvalue weighted by Crippen LogP contribution is 2.30. The zero-order chi connectivity index (χ0) is 12.3. The van der Waals surface area contributed by atoms with Gasteiger partial charge in [-0.3, -0.25) is 10.1 Å². The molecule has 1 aromatic carbocycles. The second-order valence-corrected chi connectivity index (χ2v) is 4.79. The summed E-state index contributed by atoms with van der Waals surface area (Å²) in [5, 5.41) is 14.2. The van der Waals surface area contributed by atoms with Crippen molar-refractivity contribution in [2.45, 2.75) is 38.6 Å². The summed E-state index contributed by atoms with van der Waals surface area (Å²) in [6, 6.07) is 7.25. The van der Waals surface area contributed by atoms with Crippen LogP contribution >= 0.6 is 0 Å². The highest BCUT2D eigenvalue weighted by molar-refractivity contribution is 5.61. The van der Waals surface area contributed by atoms with Gasteiger partial charge in [-0.1, -0.05) is 31.9 Å². The van der Waals surface area contributed by atoms with E-state index in [1.807, 2.05) is 6.07 Å². The maximum atomic E-state index is 10.9. The summed E-state index contributed by atoms with van der Waals surface area (Å²) >= 11 is 0. The van der Waals surface area contributed by atoms with E-state index < -0.39 is 0 Å². The molecule has 1 aliphatic rings. The second kappa shape index (κ2) is 5.17. The Morgan fingerprint density at radius 2 is 2.00 bits per heavy atom. The van der Waals surface area contributed by atoms with E-state index in [4.69, 9.17) is 0 Å². The largest absolute Gasteiger partial charge is 0.376 e. The molecular weight excluding hydrogens is 216 g/mol. The Morgan fingerprint density at radius 1 is 1.29 bits per heavy atom. The Morgan fingerprint density at radius 3 is 2.71 bits per heavy atom. The molecule has 0 spiro atoms. The molecule has 92 valence electrons. The highest BCUT2D eigenvalue weighted by atomic mass is 16.6. The lowest BCUT2D eigenvalue weighted by Crippen LogP contribution is -2.30. The lowest BCUT2D eigenvalue weighted by Gasteiger charge is -2.30. The Bertz CT molecular complexity index is 406. The quantitative estimate of drug-likeness (QED) is 0.642. The Kier molecular flexibility index (Phi) is 3.61. The van der Waals surface area contributed by atoms with Gasteiger partial charge in [0.05, 0.1) is 4.92 Å². The molecule has 1 saturated carbocycles. The summed E-state index contributed by atoms with van der Waals surface area (Å²) in [4.78, 5) is 10.6. The van der Waals surface area contributed by atoms with Crippen LogP contribution < -0.4 is 5.32 Å². The van der Waals surface area contributed by atoms with Gasteiger partial charge in [-0.15, -0.1) is 0 Å². The molecular formula is C13H18N2O2. The third kappa shape index (κ3) is 2.75. The monoisotopic (exact) mass is 234 g/mol. The molecule has 2 atom stereocenters. The predicted octanol–water partition coefficient (Wildman–Crippen LogP) is 3.59. The average Bonchev–Trinajstić information content (AvgIpc) is 2.32. The van der Waals surface area contributed by atoms with Crippen molar-refractivity contribution in [3.8, 4) is 0 Å². The van der Waals surface area contributed by atoms with Crippen molar-refractivity contribution >= 4 is 11.4 Å². The smallest absolute Gasteiger partial charge is 0.292 e. The molecule has 0 amide bonds. The summed E-state index contributed by atoms with van der Waals surface area (Å²) < 4.78 is 0. The summed E-state index contributed by atoms with van der Waals surface area (Å²) in [5.74, 6) is 0.587. The van der Waals surface area contributed by atoms with E-state index in [-0.39, 0.29) is 10.6 Å². The van der Waals surface area contributed by atoms with Gasteiger partial charge in [0.2, 0.25) is 0 Å². The van der Waals surface area contributed by atoms with Crippen molar-refractivity contribution < 1.29 is 4.92 Å². The van der Waals surface area contributed by atoms with Gasteiger partial charge >= 0.3 is 0 Å². The van der Waals surface area contributed by atoms with E-state index in [2.05, 4.69) is 12.2 Å². The van der Waals surface area contributed by atoms with E-state index in [0.717, 1.165) is 6.42 Å². The number of benzene rings is 1. The van der Waals surface area contributed by atoms with Crippen molar-refractivity contribution in [3.05, 3.63) is 34.4 Å². The molecule has 0 bridgehead atoms. The van der Waals surface area contributed by atoms with Crippen LogP contribution in [0.15, 0.2) is 24.3 Å². The minimum absolute atomic E-state index is 0.172. The van der Waals surface area contributed by atoms with Crippen molar-refractivity contribution in [3.63, 3.8) is 0 Å². The molecule has 4 heteroatoms. The van der Waals surface area contributed by atoms with E-state index in [1.54, 1.807) is 18.2 Å². The summed E-state index contributed by atoms with van der Waals surface area (Å²) in [5.41, 5.74) is 0.821. The number of nitro groups is 1. The van der Waals surface area contributed by atoms with Crippen LogP contribution in [0.2, 0.25) is 0 Å². The Hall–Kier alpha value is -1.58. The molecule has 1 aliphatic carbocycles. The van der Waals surface area contributed by atoms with Gasteiger partial charge < -0.3 is 5.32 Å². The minimum atomic E-state index is -0.324. The molecule has 1 N–H and O–H groups in total. The topological polar surface area (TPSA) is 55.2 Å². The fraction of sp³-hybridized carbons (Fsp3) is 0.538. The van der Waals surface area contributed by atoms with Gasteiger partial charge in [-0.05, 0) is 24.8 Å². The molecule has 0 aliphatic heterocycles. The zero-order valence-electron chi connectivity index (χ0n) is 10.1. The highest BCUT2D eigenvalue weighted by Gasteiger charge is 2.23. The molecule has 0 aromatic heterocycles. The second-order valence-electron chi connectivity index (χ2n) is 4.79. The lowest BCUT2D eigenvalue weighted by atomic mass is 9.86. The fourth-order valence-electron chi connectivity index (χ4n) is 2.49. The van der Waals surface area contributed by atoms with E-state index in [1.165, 1.54) is 19.3 Å². The SMILES string of the molecule is C[C@H]1CCCC[C@H]1Nc1ccccc1[N+](=O)[O-]. The van der Waals surface area contributed by atoms with Gasteiger partial charge in [-0.25, -0.2) is 0 Å². The van der Waals surface area contributed by atoms with Crippen molar-refractivity contribution in [1.82, 2.24) is 0 Å². The number of hydrogen-bond donors (Lipinski definition) is 1. The zero-order valence-corrected chi connectivity index (χ0v) is 10.1. The molecule has 0 saturated heterocycles. The predicted molar refractivity (Wildman–Crippen MR) is 68.1 cm³/mol. The van der Waals surface area contributed by atoms with Crippen LogP contribution in [0.4, 0.5) is 11.4 Å². The van der Waals surface area contributed by atoms with Crippen LogP contribution in [-0.2, 0) is 0 Å². The first-order valence-corrected chi connectivity index (χ1v) is 6.18. The first kappa shape index (κ1) is 11.9. The van der Waals surface area contributed by atoms with Crippen LogP contribution in [0.5, 0.6) is 0 Å². The Balaban J connectivity index is 2.14. The number of nitrogens with one attached hydrogen (secondary N) is 1. The van der Waals surface area contributed by atoms with Crippen molar-refractivity contribution in [1.29, 1.82) is 0 Å². The normalized spacial score (nSPS) is 24.3. The van der Waals surface area contributed by atoms with Gasteiger partial charge in [0.15, 0.2) is 0 Å². The first-order valence-electron chi connectivity index (χ1n) is 6.18. The number of hydrogen-bond acceptors (Lipinski definition) is 3. The standard InChI is InChI=1S/C13H18N2O2/c1-10-6-2-3-7-11(10)14-12-8-4-5-9-13(12)15(16)17/h4-5,8-11,14H,2-3,6-7H2,1H3/t10-,11+/m0/s1. The van der Waals surface area contributed by atoms with E-state index >= 15 is 0 Å². The average molecular weight is 234 g/mol. The van der Waals surface area contributed by atoms with Crippen LogP contribution in [0.3, 0.4) is 0 Å². The molecule has 2 rings (SSSR count). The fourth-order valence-corrected chi connectivity index (χ4v) is 2.49. The first-order chi connectivity index (χ1) is 8.18. The van der Waals surface area contributed by atoms with Crippen LogP contribution in [-0.4, -0.2) is 11.0 Å². The lowest BCUT2D eigenvalue weighted by molar-refractivity contribution is -0.384. The number of para-hydroxylation sites is 2. The van der Waals surface area contributed by atoms with Crippen LogP contribution in [0.25, 0.3) is 0 Å². The van der Waals surface area contributed by atoms with Crippen LogP contribution in [0.1, 0.15) is 32.6 Å². The van der Waals surface area contributed by atoms with Crippen molar-refractivity contribution in [2.24, 2.45) is 5.92 Å². The Labute approximate surface area is 101 Å². The van der Waals surface area contributed by atoms with E-state index in [9.17, 15) is 10.1 Å². The molecule has 0 unspecified atom stereocenters. The minimum Gasteiger partial charge on any atom is -0.376 e. The van der Waals surface area contributed by atoms with Crippen LogP contribution in [0, 0.1) is 16.0 Å². The molecule has 1 aromatic rings.